The summed E-state index contributed by atoms with van der Waals surface area (Å²) in [4.78, 5) is 12.8. The monoisotopic (exact) mass is 821 g/mol. The number of allylic oxidation sites excluding steroid dienone is 5. The molecule has 3 N–H and O–H groups in total. The van der Waals surface area contributed by atoms with E-state index in [0.29, 0.717) is 29.9 Å². The summed E-state index contributed by atoms with van der Waals surface area (Å²) < 4.78 is 12.3. The zero-order valence-electron chi connectivity index (χ0n) is 29.6. The molecule has 7 nitrogen and oxygen atoms in total. The number of nitrogens with zero attached hydrogens (tertiary/aromatic N) is 1. The molecule has 1 aromatic carbocycles. The fraction of sp³-hybridized carbons (Fsp3) is 0.615. The SMILES string of the molecule is C=C/C=C(C=O)\C=C/CC.CC1CC(CC[NH-])=CC1OCC1CCC(c2ccc(OCCN3CCCCC3)cc2)CC1.CO.C[NH-].[W+2]. The van der Waals surface area contributed by atoms with Crippen LogP contribution in [0.15, 0.2) is 72.4 Å². The Hall–Kier alpha value is -1.86. The molecule has 2 atom stereocenters. The Kier molecular flexibility index (Phi) is 27.9. The van der Waals surface area contributed by atoms with Gasteiger partial charge in [-0.3, -0.25) is 9.69 Å². The number of carbonyl (C=O) groups is 1. The number of nitrogens with one attached hydrogen (secondary N) is 2. The van der Waals surface area contributed by atoms with E-state index < -0.39 is 0 Å². The third-order valence-corrected chi connectivity index (χ3v) is 8.83. The Labute approximate surface area is 301 Å². The van der Waals surface area contributed by atoms with E-state index in [1.54, 1.807) is 18.2 Å². The first-order valence-electron chi connectivity index (χ1n) is 17.4. The van der Waals surface area contributed by atoms with Crippen molar-refractivity contribution in [3.05, 3.63) is 89.4 Å². The van der Waals surface area contributed by atoms with Crippen molar-refractivity contribution in [2.24, 2.45) is 11.8 Å². The summed E-state index contributed by atoms with van der Waals surface area (Å²) in [5, 5.41) is 7.00. The summed E-state index contributed by atoms with van der Waals surface area (Å²) in [5.41, 5.74) is 16.8. The first-order chi connectivity index (χ1) is 22.6. The Balaban J connectivity index is 0.00000121. The van der Waals surface area contributed by atoms with Crippen LogP contribution in [0.4, 0.5) is 0 Å². The van der Waals surface area contributed by atoms with Crippen molar-refractivity contribution >= 4 is 6.29 Å². The molecule has 2 unspecified atom stereocenters. The third kappa shape index (κ3) is 18.5. The number of hydrogen-bond donors (Lipinski definition) is 1. The Morgan fingerprint density at radius 3 is 2.30 bits per heavy atom. The fourth-order valence-electron chi connectivity index (χ4n) is 6.30. The van der Waals surface area contributed by atoms with E-state index in [2.05, 4.69) is 48.7 Å². The minimum atomic E-state index is 0. The van der Waals surface area contributed by atoms with Gasteiger partial charge in [-0.15, -0.1) is 6.54 Å². The summed E-state index contributed by atoms with van der Waals surface area (Å²) in [6.45, 7) is 13.5. The number of aldehydes is 1. The molecule has 0 spiro atoms. The summed E-state index contributed by atoms with van der Waals surface area (Å²) in [7, 11) is 2.25. The van der Waals surface area contributed by atoms with Crippen LogP contribution in [0.1, 0.15) is 89.5 Å². The summed E-state index contributed by atoms with van der Waals surface area (Å²) >= 11 is 0. The van der Waals surface area contributed by atoms with Crippen LogP contribution in [-0.2, 0) is 30.6 Å². The number of hydrogen-bond acceptors (Lipinski definition) is 5. The predicted molar refractivity (Wildman–Crippen MR) is 195 cm³/mol. The van der Waals surface area contributed by atoms with Gasteiger partial charge in [-0.05, 0) is 99.9 Å². The molecule has 0 bridgehead atoms. The molecular formula is C39H63N3O4W. The molecule has 0 aromatic heterocycles. The topological polar surface area (TPSA) is 107 Å². The maximum absolute atomic E-state index is 10.2. The van der Waals surface area contributed by atoms with Gasteiger partial charge in [0.05, 0.1) is 12.7 Å². The molecule has 1 heterocycles. The molecule has 2 fully saturated rings. The number of likely N-dealkylation sites (tertiary alicyclic amines) is 1. The average Bonchev–Trinajstić information content (AvgIpc) is 3.47. The van der Waals surface area contributed by atoms with E-state index in [4.69, 9.17) is 26.0 Å². The zero-order chi connectivity index (χ0) is 34.0. The maximum atomic E-state index is 10.2. The standard InChI is InChI=1S/C28H43N2O2.C9H12O.CH4N.CH4O.W/c1-22-19-24(13-14-29)20-28(22)32-21-23-5-7-25(8-6-23)26-9-11-27(12-10-26)31-18-17-30-15-3-2-4-16-30;1-3-5-7-9(8-10)6-4-2;2*1-2;/h9-12,20,22-23,25,28-29H,2-8,13-19,21H2,1H3;4-8H,2-3H2,1H3;2*2H,1H3;/q-1;;-1;;+2/b;7-5-,9-6+;;;. The summed E-state index contributed by atoms with van der Waals surface area (Å²) in [5.74, 6) is 2.97. The Morgan fingerprint density at radius 2 is 1.72 bits per heavy atom. The van der Waals surface area contributed by atoms with Gasteiger partial charge in [0, 0.05) is 19.2 Å². The van der Waals surface area contributed by atoms with Crippen molar-refractivity contribution in [1.82, 2.24) is 4.90 Å². The number of carbonyl (C=O) groups excluding carboxylic acids is 1. The molecule has 1 saturated carbocycles. The molecule has 47 heavy (non-hydrogen) atoms. The van der Waals surface area contributed by atoms with E-state index in [0.717, 1.165) is 58.2 Å². The third-order valence-electron chi connectivity index (χ3n) is 8.83. The molecule has 2 aliphatic carbocycles. The second-order valence-corrected chi connectivity index (χ2v) is 12.2. The van der Waals surface area contributed by atoms with Crippen LogP contribution >= 0.6 is 0 Å². The molecule has 1 aliphatic heterocycles. The molecule has 4 rings (SSSR count). The number of ether oxygens (including phenoxy) is 2. The van der Waals surface area contributed by atoms with Crippen LogP contribution in [0, 0.1) is 11.8 Å². The molecule has 0 radical (unpaired) electrons. The van der Waals surface area contributed by atoms with Crippen molar-refractivity contribution < 1.29 is 40.4 Å². The summed E-state index contributed by atoms with van der Waals surface area (Å²) in [6.07, 6.45) is 22.5. The van der Waals surface area contributed by atoms with Crippen molar-refractivity contribution in [2.75, 3.05) is 53.6 Å². The van der Waals surface area contributed by atoms with Crippen LogP contribution in [-0.4, -0.2) is 75.9 Å². The van der Waals surface area contributed by atoms with Gasteiger partial charge in [-0.1, -0.05) is 81.4 Å². The smallest absolute Gasteiger partial charge is 0.680 e. The first kappa shape index (κ1) is 45.1. The van der Waals surface area contributed by atoms with Crippen molar-refractivity contribution in [3.8, 4) is 5.75 Å². The van der Waals surface area contributed by atoms with Gasteiger partial charge in [0.15, 0.2) is 0 Å². The summed E-state index contributed by atoms with van der Waals surface area (Å²) in [6, 6.07) is 8.92. The second kappa shape index (κ2) is 29.1. The zero-order valence-corrected chi connectivity index (χ0v) is 32.6. The van der Waals surface area contributed by atoms with Gasteiger partial charge in [0.25, 0.3) is 0 Å². The minimum absolute atomic E-state index is 0. The van der Waals surface area contributed by atoms with E-state index in [9.17, 15) is 4.79 Å². The molecular weight excluding hydrogens is 758 g/mol. The molecule has 1 aromatic rings. The van der Waals surface area contributed by atoms with Crippen LogP contribution in [0.25, 0.3) is 11.5 Å². The van der Waals surface area contributed by atoms with E-state index >= 15 is 0 Å². The van der Waals surface area contributed by atoms with Gasteiger partial charge in [0.2, 0.25) is 0 Å². The van der Waals surface area contributed by atoms with Crippen LogP contribution in [0.3, 0.4) is 0 Å². The van der Waals surface area contributed by atoms with Gasteiger partial charge < -0.3 is 26.0 Å². The predicted octanol–water partition coefficient (Wildman–Crippen LogP) is 9.16. The number of rotatable bonds is 14. The van der Waals surface area contributed by atoms with Crippen molar-refractivity contribution in [2.45, 2.75) is 90.1 Å². The van der Waals surface area contributed by atoms with Crippen LogP contribution < -0.4 is 4.74 Å². The molecule has 3 aliphatic rings. The molecule has 8 heteroatoms. The van der Waals surface area contributed by atoms with Gasteiger partial charge in [-0.2, -0.15) is 7.05 Å². The largest absolute Gasteiger partial charge is 2.00 e. The van der Waals surface area contributed by atoms with Crippen molar-refractivity contribution in [3.63, 3.8) is 0 Å². The molecule has 1 saturated heterocycles. The van der Waals surface area contributed by atoms with Gasteiger partial charge in [-0.25, -0.2) is 0 Å². The minimum Gasteiger partial charge on any atom is -0.680 e. The van der Waals surface area contributed by atoms with Crippen molar-refractivity contribution in [1.29, 1.82) is 0 Å². The van der Waals surface area contributed by atoms with Crippen LogP contribution in [0.2, 0.25) is 0 Å². The fourth-order valence-corrected chi connectivity index (χ4v) is 6.30. The second-order valence-electron chi connectivity index (χ2n) is 12.2. The normalized spacial score (nSPS) is 22.6. The quantitative estimate of drug-likeness (QED) is 0.0873. The Morgan fingerprint density at radius 1 is 1.06 bits per heavy atom. The van der Waals surface area contributed by atoms with Gasteiger partial charge >= 0.3 is 21.1 Å². The van der Waals surface area contributed by atoms with Gasteiger partial charge in [0.1, 0.15) is 18.6 Å². The molecule has 264 valence electrons. The number of aliphatic hydroxyl groups excluding tert-OH is 1. The van der Waals surface area contributed by atoms with E-state index in [1.165, 1.54) is 76.2 Å². The van der Waals surface area contributed by atoms with E-state index in [-0.39, 0.29) is 27.2 Å². The Bertz CT molecular complexity index is 1010. The number of benzene rings is 1. The van der Waals surface area contributed by atoms with Crippen LogP contribution in [0.5, 0.6) is 5.75 Å². The first-order valence-corrected chi connectivity index (χ1v) is 17.4. The molecule has 0 amide bonds. The van der Waals surface area contributed by atoms with E-state index in [1.807, 2.05) is 13.0 Å². The number of piperidine rings is 1. The maximum Gasteiger partial charge on any atom is 2.00 e. The number of aliphatic hydroxyl groups is 1. The average molecular weight is 822 g/mol.